The molecule has 0 aromatic heterocycles. The maximum atomic E-state index is 12.1. The van der Waals surface area contributed by atoms with Crippen molar-refractivity contribution in [1.82, 2.24) is 4.90 Å². The Morgan fingerprint density at radius 1 is 0.800 bits per heavy atom. The number of carbonyl (C=O) groups is 1. The molecule has 0 bridgehead atoms. The van der Waals surface area contributed by atoms with E-state index in [1.54, 1.807) is 32.9 Å². The molecular formula is C25H52N2O3. The molecule has 0 spiro atoms. The van der Waals surface area contributed by atoms with Crippen molar-refractivity contribution in [2.24, 2.45) is 5.73 Å². The molecule has 0 aromatic rings. The van der Waals surface area contributed by atoms with Crippen LogP contribution in [0.15, 0.2) is 0 Å². The standard InChI is InChI=1S/C25H52N2O3/c1-6-7-8-9-10-11-12-13-14-15-16-17-18-19-20-21-22-27(4)24(28)30-23(26)25(2,3)29-5/h23H,6-22,26H2,1-5H3. The molecule has 0 radical (unpaired) electrons. The minimum Gasteiger partial charge on any atom is -0.427 e. The van der Waals surface area contributed by atoms with Crippen molar-refractivity contribution in [3.63, 3.8) is 0 Å². The van der Waals surface area contributed by atoms with Gasteiger partial charge in [-0.15, -0.1) is 0 Å². The van der Waals surface area contributed by atoms with Gasteiger partial charge in [0.2, 0.25) is 0 Å². The van der Waals surface area contributed by atoms with Gasteiger partial charge < -0.3 is 14.4 Å². The van der Waals surface area contributed by atoms with Crippen LogP contribution >= 0.6 is 0 Å². The average Bonchev–Trinajstić information content (AvgIpc) is 2.73. The molecule has 5 nitrogen and oxygen atoms in total. The smallest absolute Gasteiger partial charge is 0.411 e. The first-order valence-corrected chi connectivity index (χ1v) is 12.6. The van der Waals surface area contributed by atoms with Crippen LogP contribution in [0.3, 0.4) is 0 Å². The number of unbranched alkanes of at least 4 members (excludes halogenated alkanes) is 15. The molecule has 0 rings (SSSR count). The van der Waals surface area contributed by atoms with Crippen LogP contribution in [0.1, 0.15) is 124 Å². The molecular weight excluding hydrogens is 376 g/mol. The predicted octanol–water partition coefficient (Wildman–Crippen LogP) is 7.03. The molecule has 180 valence electrons. The Labute approximate surface area is 187 Å². The van der Waals surface area contributed by atoms with Gasteiger partial charge in [0.15, 0.2) is 6.23 Å². The van der Waals surface area contributed by atoms with Gasteiger partial charge in [-0.2, -0.15) is 0 Å². The van der Waals surface area contributed by atoms with Crippen molar-refractivity contribution in [1.29, 1.82) is 0 Å². The molecule has 1 atom stereocenters. The van der Waals surface area contributed by atoms with Gasteiger partial charge >= 0.3 is 6.09 Å². The van der Waals surface area contributed by atoms with E-state index >= 15 is 0 Å². The summed E-state index contributed by atoms with van der Waals surface area (Å²) in [6.45, 7) is 6.60. The van der Waals surface area contributed by atoms with Gasteiger partial charge in [0, 0.05) is 20.7 Å². The molecule has 5 heteroatoms. The van der Waals surface area contributed by atoms with E-state index in [0.29, 0.717) is 6.54 Å². The number of amides is 1. The fourth-order valence-corrected chi connectivity index (χ4v) is 3.45. The number of carbonyl (C=O) groups excluding carboxylic acids is 1. The van der Waals surface area contributed by atoms with Gasteiger partial charge in [0.05, 0.1) is 0 Å². The predicted molar refractivity (Wildman–Crippen MR) is 128 cm³/mol. The Kier molecular flexibility index (Phi) is 18.4. The summed E-state index contributed by atoms with van der Waals surface area (Å²) in [5.41, 5.74) is 5.21. The number of methoxy groups -OCH3 is 1. The van der Waals surface area contributed by atoms with Crippen molar-refractivity contribution < 1.29 is 14.3 Å². The summed E-state index contributed by atoms with van der Waals surface area (Å²) >= 11 is 0. The van der Waals surface area contributed by atoms with Crippen LogP contribution in [0.25, 0.3) is 0 Å². The highest BCUT2D eigenvalue weighted by Gasteiger charge is 2.30. The number of hydrogen-bond acceptors (Lipinski definition) is 4. The monoisotopic (exact) mass is 428 g/mol. The van der Waals surface area contributed by atoms with Gasteiger partial charge in [-0.25, -0.2) is 4.79 Å². The number of rotatable bonds is 20. The van der Waals surface area contributed by atoms with E-state index in [1.807, 2.05) is 0 Å². The van der Waals surface area contributed by atoms with Crippen LogP contribution in [0.2, 0.25) is 0 Å². The van der Waals surface area contributed by atoms with E-state index in [1.165, 1.54) is 89.9 Å². The highest BCUT2D eigenvalue weighted by atomic mass is 16.6. The highest BCUT2D eigenvalue weighted by Crippen LogP contribution is 2.15. The van der Waals surface area contributed by atoms with Crippen molar-refractivity contribution in [2.45, 2.75) is 135 Å². The second-order valence-corrected chi connectivity index (χ2v) is 9.34. The third-order valence-electron chi connectivity index (χ3n) is 6.10. The fourth-order valence-electron chi connectivity index (χ4n) is 3.45. The third kappa shape index (κ3) is 16.0. The second kappa shape index (κ2) is 18.9. The summed E-state index contributed by atoms with van der Waals surface area (Å²) in [5.74, 6) is 0. The molecule has 0 aliphatic heterocycles. The molecule has 30 heavy (non-hydrogen) atoms. The van der Waals surface area contributed by atoms with Gasteiger partial charge in [-0.3, -0.25) is 5.73 Å². The summed E-state index contributed by atoms with van der Waals surface area (Å²) in [6, 6.07) is 0. The molecule has 1 amide bonds. The van der Waals surface area contributed by atoms with Crippen molar-refractivity contribution in [3.05, 3.63) is 0 Å². The van der Waals surface area contributed by atoms with Crippen molar-refractivity contribution in [3.8, 4) is 0 Å². The Morgan fingerprint density at radius 2 is 1.17 bits per heavy atom. The molecule has 0 heterocycles. The summed E-state index contributed by atoms with van der Waals surface area (Å²) in [6.07, 6.45) is 20.4. The molecule has 0 aliphatic rings. The second-order valence-electron chi connectivity index (χ2n) is 9.34. The fraction of sp³-hybridized carbons (Fsp3) is 0.960. The van der Waals surface area contributed by atoms with E-state index < -0.39 is 11.8 Å². The lowest BCUT2D eigenvalue weighted by molar-refractivity contribution is -0.0840. The van der Waals surface area contributed by atoms with Crippen LogP contribution in [0, 0.1) is 0 Å². The highest BCUT2D eigenvalue weighted by molar-refractivity contribution is 5.67. The molecule has 0 aromatic carbocycles. The minimum atomic E-state index is -0.775. The quantitative estimate of drug-likeness (QED) is 0.167. The van der Waals surface area contributed by atoms with E-state index in [9.17, 15) is 4.79 Å². The molecule has 1 unspecified atom stereocenters. The van der Waals surface area contributed by atoms with Crippen molar-refractivity contribution >= 4 is 6.09 Å². The minimum absolute atomic E-state index is 0.381. The van der Waals surface area contributed by atoms with Crippen LogP contribution < -0.4 is 5.73 Å². The third-order valence-corrected chi connectivity index (χ3v) is 6.10. The number of nitrogens with zero attached hydrogens (tertiary/aromatic N) is 1. The Morgan fingerprint density at radius 3 is 1.53 bits per heavy atom. The first kappa shape index (κ1) is 29.2. The van der Waals surface area contributed by atoms with Gasteiger partial charge in [-0.1, -0.05) is 103 Å². The van der Waals surface area contributed by atoms with E-state index in [-0.39, 0.29) is 6.09 Å². The number of nitrogens with two attached hydrogens (primary N) is 1. The number of hydrogen-bond donors (Lipinski definition) is 1. The lowest BCUT2D eigenvalue weighted by Crippen LogP contribution is -2.49. The lowest BCUT2D eigenvalue weighted by Gasteiger charge is -2.30. The topological polar surface area (TPSA) is 64.8 Å². The molecule has 0 fully saturated rings. The van der Waals surface area contributed by atoms with Gasteiger partial charge in [0.25, 0.3) is 0 Å². The first-order valence-electron chi connectivity index (χ1n) is 12.6. The SMILES string of the molecule is CCCCCCCCCCCCCCCCCCN(C)C(=O)OC(N)C(C)(C)OC. The Hall–Kier alpha value is -0.810. The zero-order valence-electron chi connectivity index (χ0n) is 20.8. The summed E-state index contributed by atoms with van der Waals surface area (Å²) in [4.78, 5) is 13.7. The van der Waals surface area contributed by atoms with Gasteiger partial charge in [0.1, 0.15) is 5.60 Å². The van der Waals surface area contributed by atoms with E-state index in [2.05, 4.69) is 6.92 Å². The Balaban J connectivity index is 3.44. The summed E-state index contributed by atoms with van der Waals surface area (Å²) in [5, 5.41) is 0. The van der Waals surface area contributed by atoms with Gasteiger partial charge in [-0.05, 0) is 20.3 Å². The molecule has 2 N–H and O–H groups in total. The molecule has 0 aliphatic carbocycles. The van der Waals surface area contributed by atoms with Crippen LogP contribution in [-0.4, -0.2) is 43.5 Å². The zero-order valence-corrected chi connectivity index (χ0v) is 20.8. The van der Waals surface area contributed by atoms with Crippen LogP contribution in [-0.2, 0) is 9.47 Å². The number of ether oxygens (including phenoxy) is 2. The Bertz CT molecular complexity index is 402. The van der Waals surface area contributed by atoms with Crippen LogP contribution in [0.5, 0.6) is 0 Å². The maximum Gasteiger partial charge on any atom is 0.411 e. The zero-order chi connectivity index (χ0) is 22.7. The first-order chi connectivity index (χ1) is 14.3. The van der Waals surface area contributed by atoms with E-state index in [4.69, 9.17) is 15.2 Å². The molecule has 0 saturated heterocycles. The summed E-state index contributed by atoms with van der Waals surface area (Å²) in [7, 11) is 3.33. The lowest BCUT2D eigenvalue weighted by atomic mass is 10.0. The molecule has 0 saturated carbocycles. The average molecular weight is 429 g/mol. The van der Waals surface area contributed by atoms with Crippen LogP contribution in [0.4, 0.5) is 4.79 Å². The maximum absolute atomic E-state index is 12.1. The largest absolute Gasteiger partial charge is 0.427 e. The van der Waals surface area contributed by atoms with Crippen molar-refractivity contribution in [2.75, 3.05) is 20.7 Å². The van der Waals surface area contributed by atoms with E-state index in [0.717, 1.165) is 12.8 Å². The normalized spacial score (nSPS) is 12.7. The summed E-state index contributed by atoms with van der Waals surface area (Å²) < 4.78 is 10.5.